The summed E-state index contributed by atoms with van der Waals surface area (Å²) in [5.74, 6) is 1.43. The van der Waals surface area contributed by atoms with Crippen LogP contribution in [0, 0.1) is 17.3 Å². The van der Waals surface area contributed by atoms with Crippen LogP contribution >= 0.6 is 23.2 Å². The lowest BCUT2D eigenvalue weighted by atomic mass is 9.65. The van der Waals surface area contributed by atoms with E-state index in [9.17, 15) is 0 Å². The van der Waals surface area contributed by atoms with Crippen LogP contribution in [-0.2, 0) is 6.42 Å². The summed E-state index contributed by atoms with van der Waals surface area (Å²) in [5.41, 5.74) is 1.65. The van der Waals surface area contributed by atoms with Crippen LogP contribution in [0.15, 0.2) is 18.2 Å². The van der Waals surface area contributed by atoms with Gasteiger partial charge in [-0.1, -0.05) is 56.1 Å². The lowest BCUT2D eigenvalue weighted by molar-refractivity contribution is 0.116. The summed E-state index contributed by atoms with van der Waals surface area (Å²) in [6, 6.07) is 6.01. The second-order valence-corrected chi connectivity index (χ2v) is 7.94. The summed E-state index contributed by atoms with van der Waals surface area (Å²) < 4.78 is 0. The van der Waals surface area contributed by atoms with Crippen LogP contribution in [0.2, 0.25) is 10.0 Å². The standard InChI is InChI=1S/C18H27Cl2N/c1-4-21-12-14-8-9-18(2,3)11-15(14)10-13-6-5-7-16(19)17(13)20/h5-7,14-15,21H,4,8-12H2,1-3H3. The van der Waals surface area contributed by atoms with Crippen LogP contribution in [-0.4, -0.2) is 13.1 Å². The quantitative estimate of drug-likeness (QED) is 0.743. The molecule has 0 spiro atoms. The number of hydrogen-bond acceptors (Lipinski definition) is 1. The molecule has 1 fully saturated rings. The van der Waals surface area contributed by atoms with E-state index in [1.165, 1.54) is 24.8 Å². The molecular weight excluding hydrogens is 301 g/mol. The molecule has 2 rings (SSSR count). The number of nitrogens with one attached hydrogen (secondary N) is 1. The SMILES string of the molecule is CCNCC1CCC(C)(C)CC1Cc1cccc(Cl)c1Cl. The molecule has 0 heterocycles. The fourth-order valence-corrected chi connectivity index (χ4v) is 4.01. The van der Waals surface area contributed by atoms with Gasteiger partial charge in [-0.3, -0.25) is 0 Å². The Kier molecular flexibility index (Phi) is 5.99. The fourth-order valence-electron chi connectivity index (χ4n) is 3.62. The van der Waals surface area contributed by atoms with E-state index in [-0.39, 0.29) is 0 Å². The van der Waals surface area contributed by atoms with Crippen LogP contribution in [0.5, 0.6) is 0 Å². The van der Waals surface area contributed by atoms with Crippen LogP contribution < -0.4 is 5.32 Å². The maximum atomic E-state index is 6.39. The molecule has 1 aliphatic rings. The second-order valence-electron chi connectivity index (χ2n) is 7.15. The highest BCUT2D eigenvalue weighted by Crippen LogP contribution is 2.43. The van der Waals surface area contributed by atoms with Crippen LogP contribution in [0.25, 0.3) is 0 Å². The molecule has 0 radical (unpaired) electrons. The lowest BCUT2D eigenvalue weighted by Crippen LogP contribution is -2.37. The van der Waals surface area contributed by atoms with E-state index in [0.29, 0.717) is 16.4 Å². The van der Waals surface area contributed by atoms with Crippen molar-refractivity contribution < 1.29 is 0 Å². The van der Waals surface area contributed by atoms with Crippen molar-refractivity contribution in [2.24, 2.45) is 17.3 Å². The van der Waals surface area contributed by atoms with Crippen molar-refractivity contribution in [1.82, 2.24) is 5.32 Å². The second kappa shape index (κ2) is 7.35. The molecule has 0 saturated heterocycles. The molecule has 0 aliphatic heterocycles. The predicted molar refractivity (Wildman–Crippen MR) is 93.3 cm³/mol. The van der Waals surface area contributed by atoms with E-state index in [1.54, 1.807) is 0 Å². The van der Waals surface area contributed by atoms with Gasteiger partial charge in [-0.15, -0.1) is 0 Å². The van der Waals surface area contributed by atoms with Crippen molar-refractivity contribution in [1.29, 1.82) is 0 Å². The average molecular weight is 328 g/mol. The number of benzene rings is 1. The van der Waals surface area contributed by atoms with Gasteiger partial charge in [0.1, 0.15) is 0 Å². The van der Waals surface area contributed by atoms with Crippen LogP contribution in [0.4, 0.5) is 0 Å². The molecule has 1 nitrogen and oxygen atoms in total. The van der Waals surface area contributed by atoms with Gasteiger partial charge >= 0.3 is 0 Å². The summed E-state index contributed by atoms with van der Waals surface area (Å²) in [7, 11) is 0. The van der Waals surface area contributed by atoms with Crippen molar-refractivity contribution in [3.8, 4) is 0 Å². The minimum atomic E-state index is 0.443. The van der Waals surface area contributed by atoms with Crippen molar-refractivity contribution in [3.05, 3.63) is 33.8 Å². The van der Waals surface area contributed by atoms with Crippen molar-refractivity contribution >= 4 is 23.2 Å². The van der Waals surface area contributed by atoms with Gasteiger partial charge in [0.2, 0.25) is 0 Å². The molecule has 2 unspecified atom stereocenters. The first-order chi connectivity index (χ1) is 9.93. The summed E-state index contributed by atoms with van der Waals surface area (Å²) in [6.45, 7) is 9.13. The van der Waals surface area contributed by atoms with Gasteiger partial charge in [0.25, 0.3) is 0 Å². The molecule has 0 aromatic heterocycles. The van der Waals surface area contributed by atoms with Gasteiger partial charge < -0.3 is 5.32 Å². The monoisotopic (exact) mass is 327 g/mol. The van der Waals surface area contributed by atoms with Gasteiger partial charge in [0, 0.05) is 0 Å². The minimum Gasteiger partial charge on any atom is -0.317 e. The molecule has 1 saturated carbocycles. The maximum absolute atomic E-state index is 6.39. The highest BCUT2D eigenvalue weighted by atomic mass is 35.5. The summed E-state index contributed by atoms with van der Waals surface area (Å²) in [5, 5.41) is 4.94. The highest BCUT2D eigenvalue weighted by molar-refractivity contribution is 6.42. The van der Waals surface area contributed by atoms with E-state index in [0.717, 1.165) is 30.5 Å². The van der Waals surface area contributed by atoms with Crippen molar-refractivity contribution in [2.45, 2.75) is 46.5 Å². The first-order valence-corrected chi connectivity index (χ1v) is 8.82. The van der Waals surface area contributed by atoms with Gasteiger partial charge in [-0.05, 0) is 67.7 Å². The minimum absolute atomic E-state index is 0.443. The number of halogens is 2. The normalized spacial score (nSPS) is 25.0. The van der Waals surface area contributed by atoms with Gasteiger partial charge in [0.05, 0.1) is 10.0 Å². The van der Waals surface area contributed by atoms with E-state index in [2.05, 4.69) is 32.2 Å². The van der Waals surface area contributed by atoms with Crippen LogP contribution in [0.3, 0.4) is 0 Å². The summed E-state index contributed by atoms with van der Waals surface area (Å²) in [4.78, 5) is 0. The predicted octanol–water partition coefficient (Wildman–Crippen LogP) is 5.59. The largest absolute Gasteiger partial charge is 0.317 e. The Labute approximate surface area is 139 Å². The van der Waals surface area contributed by atoms with Gasteiger partial charge in [0.15, 0.2) is 0 Å². The maximum Gasteiger partial charge on any atom is 0.0624 e. The van der Waals surface area contributed by atoms with Crippen molar-refractivity contribution in [3.63, 3.8) is 0 Å². The molecular formula is C18H27Cl2N. The molecule has 0 amide bonds. The third-order valence-electron chi connectivity index (χ3n) is 4.84. The first-order valence-electron chi connectivity index (χ1n) is 8.06. The highest BCUT2D eigenvalue weighted by Gasteiger charge is 2.34. The summed E-state index contributed by atoms with van der Waals surface area (Å²) >= 11 is 12.6. The Morgan fingerprint density at radius 2 is 2.00 bits per heavy atom. The molecule has 2 atom stereocenters. The fraction of sp³-hybridized carbons (Fsp3) is 0.667. The molecule has 118 valence electrons. The molecule has 1 aliphatic carbocycles. The van der Waals surface area contributed by atoms with E-state index in [1.807, 2.05) is 12.1 Å². The van der Waals surface area contributed by atoms with Crippen LogP contribution in [0.1, 0.15) is 45.6 Å². The smallest absolute Gasteiger partial charge is 0.0624 e. The van der Waals surface area contributed by atoms with E-state index < -0.39 is 0 Å². The third-order valence-corrected chi connectivity index (χ3v) is 5.70. The molecule has 21 heavy (non-hydrogen) atoms. The zero-order valence-corrected chi connectivity index (χ0v) is 14.9. The Morgan fingerprint density at radius 3 is 2.71 bits per heavy atom. The molecule has 1 N–H and O–H groups in total. The number of rotatable bonds is 5. The number of hydrogen-bond donors (Lipinski definition) is 1. The Balaban J connectivity index is 2.13. The molecule has 3 heteroatoms. The Morgan fingerprint density at radius 1 is 1.24 bits per heavy atom. The van der Waals surface area contributed by atoms with Crippen molar-refractivity contribution in [2.75, 3.05) is 13.1 Å². The zero-order chi connectivity index (χ0) is 15.5. The topological polar surface area (TPSA) is 12.0 Å². The molecule has 1 aromatic rings. The molecule has 1 aromatic carbocycles. The Hall–Kier alpha value is -0.240. The van der Waals surface area contributed by atoms with E-state index in [4.69, 9.17) is 23.2 Å². The third kappa shape index (κ3) is 4.61. The first kappa shape index (κ1) is 17.1. The van der Waals surface area contributed by atoms with E-state index >= 15 is 0 Å². The molecule has 0 bridgehead atoms. The summed E-state index contributed by atoms with van der Waals surface area (Å²) in [6.07, 6.45) is 4.94. The van der Waals surface area contributed by atoms with Gasteiger partial charge in [-0.25, -0.2) is 0 Å². The Bertz CT molecular complexity index is 470. The average Bonchev–Trinajstić information content (AvgIpc) is 2.42. The zero-order valence-electron chi connectivity index (χ0n) is 13.4. The van der Waals surface area contributed by atoms with Gasteiger partial charge in [-0.2, -0.15) is 0 Å². The lowest BCUT2D eigenvalue weighted by Gasteiger charge is -2.41.